The number of hydrogen-bond donors (Lipinski definition) is 1. The smallest absolute Gasteiger partial charge is 0.0647 e. The Morgan fingerprint density at radius 3 is 2.27 bits per heavy atom. The van der Waals surface area contributed by atoms with Crippen LogP contribution in [0, 0.1) is 13.8 Å². The fraction of sp³-hybridized carbons (Fsp3) is 0.750. The molecule has 3 heteroatoms. The second-order valence-electron chi connectivity index (χ2n) is 5.09. The zero-order valence-electron chi connectivity index (χ0n) is 10.2. The van der Waals surface area contributed by atoms with E-state index in [4.69, 9.17) is 5.73 Å². The molecule has 1 aromatic heterocycles. The summed E-state index contributed by atoms with van der Waals surface area (Å²) in [4.78, 5) is 0. The van der Waals surface area contributed by atoms with Crippen LogP contribution in [0.4, 0.5) is 0 Å². The highest BCUT2D eigenvalue weighted by Gasteiger charge is 2.38. The molecule has 15 heavy (non-hydrogen) atoms. The number of nitrogens with zero attached hydrogens (tertiary/aromatic N) is 2. The summed E-state index contributed by atoms with van der Waals surface area (Å²) in [7, 11) is 0. The summed E-state index contributed by atoms with van der Waals surface area (Å²) in [6.07, 6.45) is 3.47. The number of aryl methyl sites for hydroxylation is 1. The van der Waals surface area contributed by atoms with E-state index in [0.717, 1.165) is 18.5 Å². The van der Waals surface area contributed by atoms with Crippen molar-refractivity contribution in [2.75, 3.05) is 0 Å². The summed E-state index contributed by atoms with van der Waals surface area (Å²) >= 11 is 0. The molecule has 0 spiro atoms. The van der Waals surface area contributed by atoms with Gasteiger partial charge >= 0.3 is 0 Å². The lowest BCUT2D eigenvalue weighted by atomic mass is 9.72. The van der Waals surface area contributed by atoms with Gasteiger partial charge in [-0.1, -0.05) is 0 Å². The first-order valence-corrected chi connectivity index (χ1v) is 5.81. The molecule has 1 fully saturated rings. The minimum Gasteiger partial charge on any atom is -0.321 e. The zero-order valence-corrected chi connectivity index (χ0v) is 10.2. The molecule has 0 amide bonds. The Labute approximate surface area is 91.7 Å². The molecule has 1 saturated carbocycles. The quantitative estimate of drug-likeness (QED) is 0.809. The van der Waals surface area contributed by atoms with Crippen LogP contribution >= 0.6 is 0 Å². The molecule has 1 heterocycles. The first kappa shape index (κ1) is 10.7. The van der Waals surface area contributed by atoms with Crippen LogP contribution in [0.2, 0.25) is 0 Å². The van der Waals surface area contributed by atoms with Crippen LogP contribution in [0.25, 0.3) is 0 Å². The van der Waals surface area contributed by atoms with Crippen molar-refractivity contribution in [3.05, 3.63) is 17.0 Å². The standard InChI is InChI=1S/C12H21N3/c1-8(2)15-10(4)11(9(3)14-15)12(13)6-5-7-12/h8H,5-7,13H2,1-4H3. The van der Waals surface area contributed by atoms with E-state index in [1.54, 1.807) is 0 Å². The van der Waals surface area contributed by atoms with Gasteiger partial charge in [-0.15, -0.1) is 0 Å². The summed E-state index contributed by atoms with van der Waals surface area (Å²) < 4.78 is 2.09. The third-order valence-corrected chi connectivity index (χ3v) is 3.56. The van der Waals surface area contributed by atoms with Crippen molar-refractivity contribution >= 4 is 0 Å². The maximum atomic E-state index is 6.39. The number of aromatic nitrogens is 2. The first-order chi connectivity index (χ1) is 6.96. The summed E-state index contributed by atoms with van der Waals surface area (Å²) in [5.74, 6) is 0. The van der Waals surface area contributed by atoms with E-state index < -0.39 is 0 Å². The van der Waals surface area contributed by atoms with Gasteiger partial charge in [-0.3, -0.25) is 4.68 Å². The molecule has 0 aliphatic heterocycles. The fourth-order valence-corrected chi connectivity index (χ4v) is 2.69. The fourth-order valence-electron chi connectivity index (χ4n) is 2.69. The highest BCUT2D eigenvalue weighted by Crippen LogP contribution is 2.41. The highest BCUT2D eigenvalue weighted by molar-refractivity contribution is 5.34. The highest BCUT2D eigenvalue weighted by atomic mass is 15.3. The maximum absolute atomic E-state index is 6.39. The van der Waals surface area contributed by atoms with Crippen molar-refractivity contribution in [2.45, 2.75) is 58.5 Å². The molecule has 0 aromatic carbocycles. The van der Waals surface area contributed by atoms with Gasteiger partial charge in [0, 0.05) is 22.8 Å². The average molecular weight is 207 g/mol. The predicted molar refractivity (Wildman–Crippen MR) is 61.8 cm³/mol. The van der Waals surface area contributed by atoms with Crippen LogP contribution in [-0.2, 0) is 5.54 Å². The normalized spacial score (nSPS) is 19.3. The second-order valence-corrected chi connectivity index (χ2v) is 5.09. The number of rotatable bonds is 2. The Hall–Kier alpha value is -0.830. The van der Waals surface area contributed by atoms with Crippen LogP contribution in [0.5, 0.6) is 0 Å². The van der Waals surface area contributed by atoms with Crippen molar-refractivity contribution < 1.29 is 0 Å². The van der Waals surface area contributed by atoms with E-state index in [2.05, 4.69) is 37.5 Å². The summed E-state index contributed by atoms with van der Waals surface area (Å²) in [5.41, 5.74) is 9.97. The van der Waals surface area contributed by atoms with Gasteiger partial charge in [-0.05, 0) is 47.0 Å². The Balaban J connectivity index is 2.47. The van der Waals surface area contributed by atoms with E-state index in [1.807, 2.05) is 0 Å². The maximum Gasteiger partial charge on any atom is 0.0647 e. The second kappa shape index (κ2) is 3.34. The lowest BCUT2D eigenvalue weighted by molar-refractivity contribution is 0.251. The van der Waals surface area contributed by atoms with E-state index >= 15 is 0 Å². The summed E-state index contributed by atoms with van der Waals surface area (Å²) in [5, 5.41) is 4.59. The van der Waals surface area contributed by atoms with E-state index in [0.29, 0.717) is 6.04 Å². The molecule has 2 rings (SSSR count). The molecule has 0 saturated heterocycles. The van der Waals surface area contributed by atoms with Gasteiger partial charge in [-0.2, -0.15) is 5.10 Å². The van der Waals surface area contributed by atoms with Gasteiger partial charge in [0.05, 0.1) is 5.69 Å². The monoisotopic (exact) mass is 207 g/mol. The molecule has 1 aromatic rings. The van der Waals surface area contributed by atoms with Crippen molar-refractivity contribution in [1.82, 2.24) is 9.78 Å². The van der Waals surface area contributed by atoms with Crippen molar-refractivity contribution in [1.29, 1.82) is 0 Å². The molecule has 1 aliphatic carbocycles. The van der Waals surface area contributed by atoms with Crippen LogP contribution in [-0.4, -0.2) is 9.78 Å². The van der Waals surface area contributed by atoms with Gasteiger partial charge in [0.25, 0.3) is 0 Å². The topological polar surface area (TPSA) is 43.8 Å². The van der Waals surface area contributed by atoms with Crippen LogP contribution in [0.15, 0.2) is 0 Å². The third-order valence-electron chi connectivity index (χ3n) is 3.56. The number of nitrogens with two attached hydrogens (primary N) is 1. The third kappa shape index (κ3) is 1.49. The Bertz CT molecular complexity index is 372. The summed E-state index contributed by atoms with van der Waals surface area (Å²) in [6, 6.07) is 0.418. The largest absolute Gasteiger partial charge is 0.321 e. The average Bonchev–Trinajstić information content (AvgIpc) is 2.39. The van der Waals surface area contributed by atoms with Crippen LogP contribution < -0.4 is 5.73 Å². The Kier molecular flexibility index (Phi) is 2.38. The van der Waals surface area contributed by atoms with E-state index in [-0.39, 0.29) is 5.54 Å². The SMILES string of the molecule is Cc1nn(C(C)C)c(C)c1C1(N)CCC1. The first-order valence-electron chi connectivity index (χ1n) is 5.81. The molecule has 3 nitrogen and oxygen atoms in total. The predicted octanol–water partition coefficient (Wildman–Crippen LogP) is 2.42. The van der Waals surface area contributed by atoms with Crippen molar-refractivity contribution in [3.63, 3.8) is 0 Å². The Morgan fingerprint density at radius 2 is 1.93 bits per heavy atom. The lowest BCUT2D eigenvalue weighted by Crippen LogP contribution is -2.44. The van der Waals surface area contributed by atoms with Crippen LogP contribution in [0.3, 0.4) is 0 Å². The summed E-state index contributed by atoms with van der Waals surface area (Å²) in [6.45, 7) is 8.54. The lowest BCUT2D eigenvalue weighted by Gasteiger charge is -2.38. The minimum atomic E-state index is -0.0820. The molecule has 1 aliphatic rings. The zero-order chi connectivity index (χ0) is 11.2. The number of hydrogen-bond acceptors (Lipinski definition) is 2. The van der Waals surface area contributed by atoms with Gasteiger partial charge in [0.1, 0.15) is 0 Å². The molecular weight excluding hydrogens is 186 g/mol. The van der Waals surface area contributed by atoms with Crippen molar-refractivity contribution in [2.24, 2.45) is 5.73 Å². The van der Waals surface area contributed by atoms with Crippen molar-refractivity contribution in [3.8, 4) is 0 Å². The van der Waals surface area contributed by atoms with Gasteiger partial charge < -0.3 is 5.73 Å². The Morgan fingerprint density at radius 1 is 1.33 bits per heavy atom. The van der Waals surface area contributed by atoms with E-state index in [1.165, 1.54) is 17.7 Å². The molecule has 0 atom stereocenters. The molecular formula is C12H21N3. The molecule has 2 N–H and O–H groups in total. The van der Waals surface area contributed by atoms with E-state index in [9.17, 15) is 0 Å². The van der Waals surface area contributed by atoms with Gasteiger partial charge in [0.15, 0.2) is 0 Å². The molecule has 0 bridgehead atoms. The molecule has 0 radical (unpaired) electrons. The molecule has 0 unspecified atom stereocenters. The van der Waals surface area contributed by atoms with Gasteiger partial charge in [-0.25, -0.2) is 0 Å². The van der Waals surface area contributed by atoms with Gasteiger partial charge in [0.2, 0.25) is 0 Å². The minimum absolute atomic E-state index is 0.0820. The van der Waals surface area contributed by atoms with Crippen LogP contribution in [0.1, 0.15) is 56.1 Å². The molecule has 84 valence electrons.